The van der Waals surface area contributed by atoms with E-state index in [1.807, 2.05) is 52.1 Å². The minimum absolute atomic E-state index is 0.119. The van der Waals surface area contributed by atoms with Crippen LogP contribution in [0.15, 0.2) is 36.7 Å². The van der Waals surface area contributed by atoms with Crippen molar-refractivity contribution in [1.82, 2.24) is 19.7 Å². The van der Waals surface area contributed by atoms with Crippen molar-refractivity contribution in [2.75, 3.05) is 5.32 Å². The van der Waals surface area contributed by atoms with Crippen LogP contribution in [0.3, 0.4) is 0 Å². The van der Waals surface area contributed by atoms with Gasteiger partial charge in [0.2, 0.25) is 5.95 Å². The zero-order valence-corrected chi connectivity index (χ0v) is 22.8. The topological polar surface area (TPSA) is 79.8 Å². The van der Waals surface area contributed by atoms with E-state index in [-0.39, 0.29) is 5.95 Å². The van der Waals surface area contributed by atoms with Crippen LogP contribution in [-0.4, -0.2) is 23.9 Å². The Kier molecular flexibility index (Phi) is 6.69. The second-order valence-electron chi connectivity index (χ2n) is 10.9. The predicted octanol–water partition coefficient (Wildman–Crippen LogP) is 6.74. The van der Waals surface area contributed by atoms with E-state index >= 15 is 0 Å². The van der Waals surface area contributed by atoms with Gasteiger partial charge in [0, 0.05) is 18.1 Å². The summed E-state index contributed by atoms with van der Waals surface area (Å²) >= 11 is 1.60. The summed E-state index contributed by atoms with van der Waals surface area (Å²) in [6.45, 7) is 7.85. The minimum Gasteiger partial charge on any atom is -0.324 e. The van der Waals surface area contributed by atoms with Gasteiger partial charge in [0.1, 0.15) is 10.7 Å². The number of aromatic nitrogens is 3. The Morgan fingerprint density at radius 1 is 1.03 bits per heavy atom. The Balaban J connectivity index is 1.46. The summed E-state index contributed by atoms with van der Waals surface area (Å²) in [7, 11) is -1.23. The van der Waals surface area contributed by atoms with Crippen LogP contribution in [0.4, 0.5) is 24.8 Å². The van der Waals surface area contributed by atoms with E-state index in [1.54, 1.807) is 11.3 Å². The molecule has 0 amide bonds. The Bertz CT molecular complexity index is 1310. The maximum atomic E-state index is 13.2. The molecule has 11 heteroatoms. The standard InChI is InChI=1S/C26H30F3N5OS2/c1-15-11-16(13-19(12-15)32-23-30-10-9-21(33-23)26(27,28)29)20-14-31-22(36-20)25(17-5-6-17,18-7-8-18)34-37(35)24(2,3)4/h9-14,17-18,34H,5-8H2,1-4H3,(H,30,32,33)/t37-/m1/s1. The molecule has 37 heavy (non-hydrogen) atoms. The van der Waals surface area contributed by atoms with Crippen molar-refractivity contribution in [3.63, 3.8) is 0 Å². The zero-order valence-electron chi connectivity index (χ0n) is 21.1. The summed E-state index contributed by atoms with van der Waals surface area (Å²) in [6, 6.07) is 6.57. The molecule has 3 aromatic rings. The molecule has 198 valence electrons. The molecule has 0 aliphatic heterocycles. The lowest BCUT2D eigenvalue weighted by Crippen LogP contribution is -2.51. The number of rotatable bonds is 8. The van der Waals surface area contributed by atoms with Crippen LogP contribution in [0.25, 0.3) is 10.4 Å². The largest absolute Gasteiger partial charge is 0.433 e. The quantitative estimate of drug-likeness (QED) is 0.325. The van der Waals surface area contributed by atoms with Gasteiger partial charge < -0.3 is 5.32 Å². The molecule has 0 radical (unpaired) electrons. The van der Waals surface area contributed by atoms with Gasteiger partial charge in [-0.25, -0.2) is 23.9 Å². The van der Waals surface area contributed by atoms with Crippen LogP contribution in [0, 0.1) is 18.8 Å². The molecule has 2 aliphatic carbocycles. The van der Waals surface area contributed by atoms with E-state index in [1.165, 1.54) is 0 Å². The Morgan fingerprint density at radius 3 is 2.30 bits per heavy atom. The lowest BCUT2D eigenvalue weighted by atomic mass is 9.89. The average Bonchev–Trinajstić information content (AvgIpc) is 3.74. The van der Waals surface area contributed by atoms with Gasteiger partial charge in [0.15, 0.2) is 0 Å². The number of benzene rings is 1. The molecule has 0 saturated heterocycles. The van der Waals surface area contributed by atoms with E-state index in [9.17, 15) is 17.4 Å². The summed E-state index contributed by atoms with van der Waals surface area (Å²) in [5.74, 6) is 0.711. The van der Waals surface area contributed by atoms with Gasteiger partial charge in [-0.3, -0.25) is 0 Å². The number of alkyl halides is 3. The molecule has 6 nitrogen and oxygen atoms in total. The summed E-state index contributed by atoms with van der Waals surface area (Å²) in [5.41, 5.74) is 1.03. The Morgan fingerprint density at radius 2 is 1.70 bits per heavy atom. The van der Waals surface area contributed by atoms with Crippen molar-refractivity contribution < 1.29 is 17.4 Å². The molecule has 0 bridgehead atoms. The Hall–Kier alpha value is -2.37. The number of hydrogen-bond donors (Lipinski definition) is 2. The fourth-order valence-corrected chi connectivity index (χ4v) is 6.89. The van der Waals surface area contributed by atoms with Gasteiger partial charge in [0.05, 0.1) is 26.1 Å². The molecular formula is C26H30F3N5OS2. The van der Waals surface area contributed by atoms with Crippen molar-refractivity contribution in [1.29, 1.82) is 0 Å². The Labute approximate surface area is 221 Å². The van der Waals surface area contributed by atoms with E-state index in [4.69, 9.17) is 4.98 Å². The molecule has 5 rings (SSSR count). The van der Waals surface area contributed by atoms with Crippen molar-refractivity contribution in [2.24, 2.45) is 11.8 Å². The normalized spacial score (nSPS) is 17.6. The van der Waals surface area contributed by atoms with E-state index in [2.05, 4.69) is 20.0 Å². The fraction of sp³-hybridized carbons (Fsp3) is 0.500. The van der Waals surface area contributed by atoms with Crippen LogP contribution >= 0.6 is 11.3 Å². The highest BCUT2D eigenvalue weighted by atomic mass is 32.2. The third-order valence-corrected chi connectivity index (χ3v) is 9.52. The van der Waals surface area contributed by atoms with Gasteiger partial charge in [-0.05, 0) is 94.5 Å². The number of nitrogens with zero attached hydrogens (tertiary/aromatic N) is 3. The van der Waals surface area contributed by atoms with Gasteiger partial charge >= 0.3 is 6.18 Å². The third-order valence-electron chi connectivity index (χ3n) is 6.68. The molecule has 0 spiro atoms. The van der Waals surface area contributed by atoms with Gasteiger partial charge in [-0.2, -0.15) is 13.2 Å². The molecule has 2 fully saturated rings. The summed E-state index contributed by atoms with van der Waals surface area (Å²) in [4.78, 5) is 13.4. The number of aryl methyl sites for hydroxylation is 1. The van der Waals surface area contributed by atoms with Gasteiger partial charge in [-0.1, -0.05) is 6.07 Å². The summed E-state index contributed by atoms with van der Waals surface area (Å²) in [5, 5.41) is 3.87. The first-order valence-electron chi connectivity index (χ1n) is 12.3. The number of thiazole rings is 1. The van der Waals surface area contributed by atoms with Crippen molar-refractivity contribution in [2.45, 2.75) is 69.8 Å². The number of halogens is 3. The lowest BCUT2D eigenvalue weighted by molar-refractivity contribution is -0.141. The molecule has 1 aromatic carbocycles. The maximum Gasteiger partial charge on any atom is 0.433 e. The molecule has 2 saturated carbocycles. The molecule has 1 atom stereocenters. The molecule has 0 unspecified atom stereocenters. The summed E-state index contributed by atoms with van der Waals surface area (Å²) in [6.07, 6.45) is 2.76. The molecule has 2 aliphatic rings. The van der Waals surface area contributed by atoms with Crippen molar-refractivity contribution in [3.8, 4) is 10.4 Å². The maximum absolute atomic E-state index is 13.2. The first kappa shape index (κ1) is 26.2. The van der Waals surface area contributed by atoms with E-state index in [0.717, 1.165) is 59.0 Å². The summed E-state index contributed by atoms with van der Waals surface area (Å²) < 4.78 is 55.6. The van der Waals surface area contributed by atoms with Crippen LogP contribution in [-0.2, 0) is 22.7 Å². The number of hydrogen-bond acceptors (Lipinski definition) is 6. The number of nitrogens with one attached hydrogen (secondary N) is 2. The first-order chi connectivity index (χ1) is 17.4. The SMILES string of the molecule is Cc1cc(Nc2nccc(C(F)(F)F)n2)cc(-c2cnc(C(N[S@](=O)C(C)(C)C)(C3CC3)C3CC3)s2)c1. The van der Waals surface area contributed by atoms with Crippen LogP contribution in [0.5, 0.6) is 0 Å². The van der Waals surface area contributed by atoms with Gasteiger partial charge in [0.25, 0.3) is 0 Å². The number of anilines is 2. The van der Waals surface area contributed by atoms with Crippen molar-refractivity contribution in [3.05, 3.63) is 52.9 Å². The second-order valence-corrected chi connectivity index (χ2v) is 13.9. The lowest BCUT2D eigenvalue weighted by Gasteiger charge is -2.35. The molecule has 2 heterocycles. The predicted molar refractivity (Wildman–Crippen MR) is 141 cm³/mol. The van der Waals surface area contributed by atoms with Crippen molar-refractivity contribution >= 4 is 34.0 Å². The molecular weight excluding hydrogens is 519 g/mol. The van der Waals surface area contributed by atoms with Crippen LogP contribution in [0.2, 0.25) is 0 Å². The smallest absolute Gasteiger partial charge is 0.324 e. The highest BCUT2D eigenvalue weighted by molar-refractivity contribution is 7.84. The van der Waals surface area contributed by atoms with Crippen LogP contribution < -0.4 is 10.0 Å². The van der Waals surface area contributed by atoms with E-state index in [0.29, 0.717) is 17.5 Å². The highest BCUT2D eigenvalue weighted by Crippen LogP contribution is 2.59. The molecule has 2 N–H and O–H groups in total. The van der Waals surface area contributed by atoms with Gasteiger partial charge in [-0.15, -0.1) is 11.3 Å². The van der Waals surface area contributed by atoms with E-state index < -0.39 is 33.1 Å². The van der Waals surface area contributed by atoms with Crippen LogP contribution in [0.1, 0.15) is 62.7 Å². The monoisotopic (exact) mass is 549 g/mol. The third kappa shape index (κ3) is 5.58. The average molecular weight is 550 g/mol. The fourth-order valence-electron chi connectivity index (χ4n) is 4.58. The minimum atomic E-state index is -4.55. The first-order valence-corrected chi connectivity index (χ1v) is 14.3. The zero-order chi connectivity index (χ0) is 26.6. The highest BCUT2D eigenvalue weighted by Gasteiger charge is 2.58. The molecule has 2 aromatic heterocycles. The second kappa shape index (κ2) is 9.43.